The fourth-order valence-electron chi connectivity index (χ4n) is 4.10. The summed E-state index contributed by atoms with van der Waals surface area (Å²) in [4.78, 5) is 39.4. The van der Waals surface area contributed by atoms with Gasteiger partial charge in [0.05, 0.1) is 5.92 Å². The van der Waals surface area contributed by atoms with Crippen LogP contribution in [0.5, 0.6) is 0 Å². The Balaban J connectivity index is 1.48. The van der Waals surface area contributed by atoms with Crippen LogP contribution >= 0.6 is 0 Å². The molecule has 6 heteroatoms. The number of ether oxygens (including phenoxy) is 1. The van der Waals surface area contributed by atoms with Gasteiger partial charge in [0, 0.05) is 24.9 Å². The normalized spacial score (nSPS) is 15.3. The summed E-state index contributed by atoms with van der Waals surface area (Å²) in [5.74, 6) is -1.12. The molecular formula is C27H32N2O4. The van der Waals surface area contributed by atoms with Crippen molar-refractivity contribution in [3.63, 3.8) is 0 Å². The average molecular weight is 449 g/mol. The van der Waals surface area contributed by atoms with E-state index >= 15 is 0 Å². The van der Waals surface area contributed by atoms with Crippen LogP contribution in [0, 0.1) is 26.7 Å². The summed E-state index contributed by atoms with van der Waals surface area (Å²) < 4.78 is 5.46. The molecule has 1 saturated heterocycles. The first-order valence-corrected chi connectivity index (χ1v) is 11.4. The topological polar surface area (TPSA) is 75.7 Å². The molecule has 0 radical (unpaired) electrons. The Morgan fingerprint density at radius 2 is 1.64 bits per heavy atom. The molecule has 1 aliphatic heterocycles. The van der Waals surface area contributed by atoms with Crippen LogP contribution in [0.25, 0.3) is 6.08 Å². The monoisotopic (exact) mass is 448 g/mol. The van der Waals surface area contributed by atoms with Gasteiger partial charge in [-0.25, -0.2) is 0 Å². The van der Waals surface area contributed by atoms with Crippen LogP contribution in [0.3, 0.4) is 0 Å². The van der Waals surface area contributed by atoms with E-state index in [0.717, 1.165) is 27.9 Å². The highest BCUT2D eigenvalue weighted by molar-refractivity contribution is 5.96. The zero-order valence-corrected chi connectivity index (χ0v) is 19.8. The van der Waals surface area contributed by atoms with E-state index in [1.165, 1.54) is 0 Å². The van der Waals surface area contributed by atoms with Crippen molar-refractivity contribution < 1.29 is 19.1 Å². The molecule has 1 atom stereocenters. The molecule has 0 aromatic heterocycles. The van der Waals surface area contributed by atoms with Crippen LogP contribution in [0.4, 0.5) is 5.69 Å². The number of hydrogen-bond donors (Lipinski definition) is 1. The number of carbonyl (C=O) groups is 3. The molecule has 1 aliphatic rings. The van der Waals surface area contributed by atoms with Crippen LogP contribution in [0.2, 0.25) is 0 Å². The van der Waals surface area contributed by atoms with E-state index in [4.69, 9.17) is 4.74 Å². The molecule has 2 aromatic carbocycles. The Morgan fingerprint density at radius 3 is 2.24 bits per heavy atom. The first-order valence-electron chi connectivity index (χ1n) is 11.4. The van der Waals surface area contributed by atoms with Crippen molar-refractivity contribution in [3.8, 4) is 0 Å². The van der Waals surface area contributed by atoms with Gasteiger partial charge in [0.2, 0.25) is 5.91 Å². The molecule has 0 saturated carbocycles. The van der Waals surface area contributed by atoms with Crippen LogP contribution in [0.1, 0.15) is 42.0 Å². The zero-order valence-electron chi connectivity index (χ0n) is 19.8. The fourth-order valence-corrected chi connectivity index (χ4v) is 4.10. The number of aryl methyl sites for hydroxylation is 3. The van der Waals surface area contributed by atoms with Gasteiger partial charge in [-0.1, -0.05) is 48.0 Å². The van der Waals surface area contributed by atoms with Crippen molar-refractivity contribution in [1.29, 1.82) is 0 Å². The van der Waals surface area contributed by atoms with Gasteiger partial charge < -0.3 is 15.0 Å². The lowest BCUT2D eigenvalue weighted by Gasteiger charge is -2.30. The lowest BCUT2D eigenvalue weighted by molar-refractivity contribution is -0.159. The predicted molar refractivity (Wildman–Crippen MR) is 130 cm³/mol. The number of rotatable bonds is 6. The molecule has 2 amide bonds. The van der Waals surface area contributed by atoms with Crippen LogP contribution in [0.15, 0.2) is 48.5 Å². The second kappa shape index (κ2) is 10.9. The van der Waals surface area contributed by atoms with Gasteiger partial charge in [-0.3, -0.25) is 14.4 Å². The molecule has 0 aliphatic carbocycles. The van der Waals surface area contributed by atoms with Gasteiger partial charge in [0.1, 0.15) is 0 Å². The Kier molecular flexibility index (Phi) is 8.04. The second-order valence-corrected chi connectivity index (χ2v) is 8.69. The van der Waals surface area contributed by atoms with Crippen LogP contribution < -0.4 is 5.32 Å². The number of carbonyl (C=O) groups excluding carboxylic acids is 3. The van der Waals surface area contributed by atoms with Gasteiger partial charge >= 0.3 is 5.97 Å². The first kappa shape index (κ1) is 24.2. The maximum Gasteiger partial charge on any atom is 0.309 e. The maximum absolute atomic E-state index is 12.6. The highest BCUT2D eigenvalue weighted by Crippen LogP contribution is 2.23. The highest BCUT2D eigenvalue weighted by Gasteiger charge is 2.30. The summed E-state index contributed by atoms with van der Waals surface area (Å²) >= 11 is 0. The number of esters is 1. The molecule has 1 fully saturated rings. The smallest absolute Gasteiger partial charge is 0.309 e. The van der Waals surface area contributed by atoms with Crippen molar-refractivity contribution >= 4 is 29.5 Å². The molecular weight excluding hydrogens is 416 g/mol. The second-order valence-electron chi connectivity index (χ2n) is 8.69. The van der Waals surface area contributed by atoms with Crippen molar-refractivity contribution in [2.45, 2.75) is 46.6 Å². The number of piperidine rings is 1. The minimum absolute atomic E-state index is 0.0674. The van der Waals surface area contributed by atoms with E-state index in [1.807, 2.05) is 63.2 Å². The number of likely N-dealkylation sites (tertiary alicyclic amines) is 1. The summed E-state index contributed by atoms with van der Waals surface area (Å²) in [5.41, 5.74) is 4.79. The van der Waals surface area contributed by atoms with Crippen molar-refractivity contribution in [3.05, 3.63) is 70.8 Å². The number of anilines is 1. The Morgan fingerprint density at radius 1 is 1.03 bits per heavy atom. The molecule has 0 bridgehead atoms. The summed E-state index contributed by atoms with van der Waals surface area (Å²) in [5, 5.41) is 2.89. The molecule has 1 N–H and O–H groups in total. The SMILES string of the molecule is Cc1cc(C)c(NC(=O)C(C)OC(=O)C2CCN(C(=O)/C=C/c3ccccc3)CC2)c(C)c1. The predicted octanol–water partition coefficient (Wildman–Crippen LogP) is 4.43. The Bertz CT molecular complexity index is 1010. The van der Waals surface area contributed by atoms with Crippen molar-refractivity contribution in [2.75, 3.05) is 18.4 Å². The van der Waals surface area contributed by atoms with E-state index in [0.29, 0.717) is 25.9 Å². The minimum Gasteiger partial charge on any atom is -0.452 e. The van der Waals surface area contributed by atoms with Crippen molar-refractivity contribution in [2.24, 2.45) is 5.92 Å². The molecule has 1 heterocycles. The molecule has 174 valence electrons. The van der Waals surface area contributed by atoms with Crippen molar-refractivity contribution in [1.82, 2.24) is 4.90 Å². The van der Waals surface area contributed by atoms with Crippen LogP contribution in [-0.2, 0) is 19.1 Å². The minimum atomic E-state index is -0.897. The van der Waals surface area contributed by atoms with E-state index in [9.17, 15) is 14.4 Å². The molecule has 2 aromatic rings. The third-order valence-corrected chi connectivity index (χ3v) is 5.95. The van der Waals surface area contributed by atoms with Gasteiger partial charge in [0.15, 0.2) is 6.10 Å². The third-order valence-electron chi connectivity index (χ3n) is 5.95. The fraction of sp³-hybridized carbons (Fsp3) is 0.370. The number of hydrogen-bond acceptors (Lipinski definition) is 4. The molecule has 0 spiro atoms. The lowest BCUT2D eigenvalue weighted by atomic mass is 9.97. The van der Waals surface area contributed by atoms with E-state index in [-0.39, 0.29) is 23.7 Å². The first-order chi connectivity index (χ1) is 15.7. The Hall–Kier alpha value is -3.41. The molecule has 1 unspecified atom stereocenters. The number of benzene rings is 2. The largest absolute Gasteiger partial charge is 0.452 e. The van der Waals surface area contributed by atoms with Gasteiger partial charge in [-0.05, 0) is 63.3 Å². The zero-order chi connectivity index (χ0) is 24.0. The summed E-state index contributed by atoms with van der Waals surface area (Å²) in [6.07, 6.45) is 3.50. The average Bonchev–Trinajstić information content (AvgIpc) is 2.80. The Labute approximate surface area is 195 Å². The summed E-state index contributed by atoms with van der Waals surface area (Å²) in [6.45, 7) is 8.44. The van der Waals surface area contributed by atoms with Gasteiger partial charge in [0.25, 0.3) is 5.91 Å². The molecule has 6 nitrogen and oxygen atoms in total. The van der Waals surface area contributed by atoms with Gasteiger partial charge in [-0.15, -0.1) is 0 Å². The summed E-state index contributed by atoms with van der Waals surface area (Å²) in [7, 11) is 0. The van der Waals surface area contributed by atoms with E-state index in [1.54, 1.807) is 24.0 Å². The standard InChI is InChI=1S/C27H32N2O4/c1-18-16-19(2)25(20(3)17-18)28-26(31)21(4)33-27(32)23-12-14-29(15-13-23)24(30)11-10-22-8-6-5-7-9-22/h5-11,16-17,21,23H,12-15H2,1-4H3,(H,28,31)/b11-10+. The third kappa shape index (κ3) is 6.54. The van der Waals surface area contributed by atoms with E-state index in [2.05, 4.69) is 5.32 Å². The molecule has 3 rings (SSSR count). The lowest BCUT2D eigenvalue weighted by Crippen LogP contribution is -2.41. The van der Waals surface area contributed by atoms with E-state index < -0.39 is 6.10 Å². The highest BCUT2D eigenvalue weighted by atomic mass is 16.5. The molecule has 33 heavy (non-hydrogen) atoms. The number of nitrogens with zero attached hydrogens (tertiary/aromatic N) is 1. The maximum atomic E-state index is 12.6. The number of amides is 2. The quantitative estimate of drug-likeness (QED) is 0.524. The number of nitrogens with one attached hydrogen (secondary N) is 1. The van der Waals surface area contributed by atoms with Crippen LogP contribution in [-0.4, -0.2) is 41.9 Å². The summed E-state index contributed by atoms with van der Waals surface area (Å²) in [6, 6.07) is 13.7. The van der Waals surface area contributed by atoms with Gasteiger partial charge in [-0.2, -0.15) is 0 Å².